The molecule has 1 aromatic heterocycles. The maximum Gasteiger partial charge on any atom is 0.407 e. The van der Waals surface area contributed by atoms with Crippen LogP contribution in [0, 0.1) is 11.8 Å². The normalized spacial score (nSPS) is 18.0. The molecule has 4 rings (SSSR count). The van der Waals surface area contributed by atoms with E-state index in [1.54, 1.807) is 24.3 Å². The highest BCUT2D eigenvalue weighted by Crippen LogP contribution is 2.29. The van der Waals surface area contributed by atoms with Gasteiger partial charge in [0.05, 0.1) is 16.8 Å². The third-order valence-corrected chi connectivity index (χ3v) is 6.58. The van der Waals surface area contributed by atoms with E-state index in [0.717, 1.165) is 42.1 Å². The number of ether oxygens (including phenoxy) is 1. The van der Waals surface area contributed by atoms with Crippen molar-refractivity contribution in [3.05, 3.63) is 60.2 Å². The smallest absolute Gasteiger partial charge is 0.407 e. The van der Waals surface area contributed by atoms with Crippen LogP contribution < -0.4 is 10.6 Å². The van der Waals surface area contributed by atoms with Gasteiger partial charge in [0.1, 0.15) is 11.4 Å². The molecule has 1 saturated carbocycles. The van der Waals surface area contributed by atoms with E-state index in [1.807, 2.05) is 51.1 Å². The number of phenols is 1. The van der Waals surface area contributed by atoms with Gasteiger partial charge >= 0.3 is 6.09 Å². The summed E-state index contributed by atoms with van der Waals surface area (Å²) in [5, 5.41) is 16.5. The molecule has 2 aromatic carbocycles. The average Bonchev–Trinajstić information content (AvgIpc) is 2.85. The van der Waals surface area contributed by atoms with Crippen molar-refractivity contribution in [1.29, 1.82) is 0 Å². The molecule has 0 atom stereocenters. The average molecular weight is 490 g/mol. The summed E-state index contributed by atoms with van der Waals surface area (Å²) in [6.07, 6.45) is 3.68. The number of hydrogen-bond acceptors (Lipinski definition) is 5. The van der Waals surface area contributed by atoms with E-state index in [9.17, 15) is 14.7 Å². The number of pyridine rings is 1. The van der Waals surface area contributed by atoms with Crippen molar-refractivity contribution < 1.29 is 19.4 Å². The Morgan fingerprint density at radius 2 is 1.56 bits per heavy atom. The van der Waals surface area contributed by atoms with E-state index in [-0.39, 0.29) is 17.7 Å². The minimum atomic E-state index is -0.495. The Balaban J connectivity index is 1.35. The van der Waals surface area contributed by atoms with E-state index >= 15 is 0 Å². The first-order valence-corrected chi connectivity index (χ1v) is 12.6. The number of nitrogens with one attached hydrogen (secondary N) is 2. The van der Waals surface area contributed by atoms with Crippen molar-refractivity contribution in [3.63, 3.8) is 0 Å². The zero-order valence-electron chi connectivity index (χ0n) is 21.2. The number of phenolic OH excluding ortho intramolecular Hbond substituents is 1. The maximum absolute atomic E-state index is 13.3. The largest absolute Gasteiger partial charge is 0.508 e. The Labute approximate surface area is 212 Å². The van der Waals surface area contributed by atoms with Crippen LogP contribution in [-0.4, -0.2) is 40.8 Å². The number of rotatable bonds is 6. The first-order valence-electron chi connectivity index (χ1n) is 12.6. The van der Waals surface area contributed by atoms with E-state index in [0.29, 0.717) is 36.2 Å². The van der Waals surface area contributed by atoms with Crippen LogP contribution in [0.15, 0.2) is 54.6 Å². The van der Waals surface area contributed by atoms with E-state index in [2.05, 4.69) is 10.6 Å². The molecule has 1 aliphatic carbocycles. The first-order chi connectivity index (χ1) is 17.2. The van der Waals surface area contributed by atoms with E-state index in [4.69, 9.17) is 9.72 Å². The molecule has 1 heterocycles. The zero-order valence-corrected chi connectivity index (χ0v) is 21.2. The van der Waals surface area contributed by atoms with E-state index < -0.39 is 5.60 Å². The van der Waals surface area contributed by atoms with Crippen molar-refractivity contribution in [2.75, 3.05) is 13.1 Å². The van der Waals surface area contributed by atoms with Gasteiger partial charge in [-0.1, -0.05) is 18.2 Å². The Morgan fingerprint density at radius 3 is 2.19 bits per heavy atom. The fourth-order valence-electron chi connectivity index (χ4n) is 4.66. The van der Waals surface area contributed by atoms with Crippen LogP contribution in [0.1, 0.15) is 56.8 Å². The van der Waals surface area contributed by atoms with Crippen LogP contribution in [0.3, 0.4) is 0 Å². The molecule has 3 N–H and O–H groups in total. The molecule has 190 valence electrons. The summed E-state index contributed by atoms with van der Waals surface area (Å²) in [5.41, 5.74) is 2.39. The van der Waals surface area contributed by atoms with Crippen LogP contribution in [0.5, 0.6) is 5.75 Å². The van der Waals surface area contributed by atoms with Gasteiger partial charge in [-0.05, 0) is 94.7 Å². The fraction of sp³-hybridized carbons (Fsp3) is 0.414. The molecule has 0 spiro atoms. The molecule has 0 unspecified atom stereocenters. The molecule has 7 heteroatoms. The van der Waals surface area contributed by atoms with Crippen molar-refractivity contribution >= 4 is 22.9 Å². The highest BCUT2D eigenvalue weighted by molar-refractivity contribution is 6.07. The molecule has 0 aliphatic heterocycles. The molecule has 1 fully saturated rings. The predicted octanol–water partition coefficient (Wildman–Crippen LogP) is 5.67. The highest BCUT2D eigenvalue weighted by Gasteiger charge is 2.24. The summed E-state index contributed by atoms with van der Waals surface area (Å²) in [5.74, 6) is 0.924. The Kier molecular flexibility index (Phi) is 7.77. The monoisotopic (exact) mass is 489 g/mol. The van der Waals surface area contributed by atoms with Crippen molar-refractivity contribution in [1.82, 2.24) is 15.6 Å². The summed E-state index contributed by atoms with van der Waals surface area (Å²) in [7, 11) is 0. The molecule has 1 aliphatic rings. The third kappa shape index (κ3) is 6.74. The van der Waals surface area contributed by atoms with Crippen molar-refractivity contribution in [3.8, 4) is 17.0 Å². The van der Waals surface area contributed by atoms with Gasteiger partial charge in [-0.25, -0.2) is 9.78 Å². The van der Waals surface area contributed by atoms with E-state index in [1.165, 1.54) is 0 Å². The van der Waals surface area contributed by atoms with Crippen molar-refractivity contribution in [2.24, 2.45) is 11.8 Å². The van der Waals surface area contributed by atoms with Gasteiger partial charge < -0.3 is 20.5 Å². The van der Waals surface area contributed by atoms with Gasteiger partial charge in [0.2, 0.25) is 0 Å². The van der Waals surface area contributed by atoms with Crippen LogP contribution in [-0.2, 0) is 4.74 Å². The summed E-state index contributed by atoms with van der Waals surface area (Å²) in [6.45, 7) is 6.81. The number of benzene rings is 2. The second-order valence-corrected chi connectivity index (χ2v) is 10.6. The molecular weight excluding hydrogens is 454 g/mol. The molecule has 0 saturated heterocycles. The van der Waals surface area contributed by atoms with Crippen LogP contribution in [0.25, 0.3) is 22.2 Å². The minimum absolute atomic E-state index is 0.109. The number of aromatic hydroxyl groups is 1. The predicted molar refractivity (Wildman–Crippen MR) is 141 cm³/mol. The number of nitrogens with zero attached hydrogens (tertiary/aromatic N) is 1. The van der Waals surface area contributed by atoms with Gasteiger partial charge in [-0.2, -0.15) is 0 Å². The zero-order chi connectivity index (χ0) is 25.7. The number of hydrogen-bond donors (Lipinski definition) is 3. The van der Waals surface area contributed by atoms with Crippen LogP contribution in [0.2, 0.25) is 0 Å². The lowest BCUT2D eigenvalue weighted by Crippen LogP contribution is -2.37. The SMILES string of the molecule is CC(C)(C)OC(=O)NC[C@H]1CC[C@H](CNC(=O)c2cc(-c3ccc(O)cc3)nc3ccccc23)CC1. The lowest BCUT2D eigenvalue weighted by atomic mass is 9.82. The first kappa shape index (κ1) is 25.5. The lowest BCUT2D eigenvalue weighted by Gasteiger charge is -2.29. The maximum atomic E-state index is 13.3. The number of aromatic nitrogens is 1. The van der Waals surface area contributed by atoms with Gasteiger partial charge in [-0.15, -0.1) is 0 Å². The molecule has 3 aromatic rings. The number of fused-ring (bicyclic) bond motifs is 1. The van der Waals surface area contributed by atoms with Crippen molar-refractivity contribution in [2.45, 2.75) is 52.1 Å². The third-order valence-electron chi connectivity index (χ3n) is 6.58. The topological polar surface area (TPSA) is 101 Å². The van der Waals surface area contributed by atoms with Crippen LogP contribution >= 0.6 is 0 Å². The fourth-order valence-corrected chi connectivity index (χ4v) is 4.66. The number of carbonyl (C=O) groups is 2. The minimum Gasteiger partial charge on any atom is -0.508 e. The molecule has 0 bridgehead atoms. The summed E-state index contributed by atoms with van der Waals surface area (Å²) < 4.78 is 5.32. The Bertz CT molecular complexity index is 1210. The number of amides is 2. The van der Waals surface area contributed by atoms with Gasteiger partial charge in [-0.3, -0.25) is 4.79 Å². The van der Waals surface area contributed by atoms with Gasteiger partial charge in [0, 0.05) is 24.0 Å². The van der Waals surface area contributed by atoms with Gasteiger partial charge in [0.25, 0.3) is 5.91 Å². The molecular formula is C29H35N3O4. The second-order valence-electron chi connectivity index (χ2n) is 10.6. The number of alkyl carbamates (subject to hydrolysis) is 1. The Morgan fingerprint density at radius 1 is 0.944 bits per heavy atom. The Hall–Kier alpha value is -3.61. The molecule has 0 radical (unpaired) electrons. The quantitative estimate of drug-likeness (QED) is 0.414. The summed E-state index contributed by atoms with van der Waals surface area (Å²) in [6, 6.07) is 16.3. The van der Waals surface area contributed by atoms with Crippen LogP contribution in [0.4, 0.5) is 4.79 Å². The molecule has 7 nitrogen and oxygen atoms in total. The summed E-state index contributed by atoms with van der Waals surface area (Å²) >= 11 is 0. The highest BCUT2D eigenvalue weighted by atomic mass is 16.6. The lowest BCUT2D eigenvalue weighted by molar-refractivity contribution is 0.0512. The van der Waals surface area contributed by atoms with Gasteiger partial charge in [0.15, 0.2) is 0 Å². The standard InChI is InChI=1S/C29H35N3O4/c1-29(2,3)36-28(35)31-18-20-10-8-19(9-11-20)17-30-27(34)24-16-26(21-12-14-22(33)15-13-21)32-25-7-5-4-6-23(24)25/h4-7,12-16,19-20,33H,8-11,17-18H2,1-3H3,(H,30,34)(H,31,35)/t19-,20-. The molecule has 2 amide bonds. The number of para-hydroxylation sites is 1. The summed E-state index contributed by atoms with van der Waals surface area (Å²) in [4.78, 5) is 29.9. The number of carbonyl (C=O) groups excluding carboxylic acids is 2. The molecule has 36 heavy (non-hydrogen) atoms. The second kappa shape index (κ2) is 11.0.